The highest BCUT2D eigenvalue weighted by atomic mass is 16.6. The second kappa shape index (κ2) is 9.68. The Kier molecular flexibility index (Phi) is 7.01. The fourth-order valence-corrected chi connectivity index (χ4v) is 3.34. The third-order valence-corrected chi connectivity index (χ3v) is 4.91. The Balaban J connectivity index is 1.86. The quantitative estimate of drug-likeness (QED) is 0.594. The molecule has 2 heterocycles. The van der Waals surface area contributed by atoms with Crippen LogP contribution < -0.4 is 0 Å². The molecule has 10 heteroatoms. The average Bonchev–Trinajstić information content (AvgIpc) is 3.43. The van der Waals surface area contributed by atoms with Crippen LogP contribution in [-0.2, 0) is 18.9 Å². The lowest BCUT2D eigenvalue weighted by Crippen LogP contribution is -2.23. The smallest absolute Gasteiger partial charge is 0.339 e. The monoisotopic (exact) mass is 422 g/mol. The van der Waals surface area contributed by atoms with Crippen LogP contribution in [0.4, 0.5) is 0 Å². The van der Waals surface area contributed by atoms with Crippen molar-refractivity contribution < 1.29 is 48.3 Å². The lowest BCUT2D eigenvalue weighted by molar-refractivity contribution is 0.0129. The summed E-state index contributed by atoms with van der Waals surface area (Å²) in [6.45, 7) is 0.984. The summed E-state index contributed by atoms with van der Waals surface area (Å²) in [5.74, 6) is -5.04. The molecule has 0 spiro atoms. The molecule has 10 nitrogen and oxygen atoms in total. The molecule has 0 radical (unpaired) electrons. The molecule has 2 saturated heterocycles. The van der Waals surface area contributed by atoms with Gasteiger partial charge in [0.25, 0.3) is 0 Å². The molecule has 0 amide bonds. The molecule has 2 atom stereocenters. The molecule has 162 valence electrons. The van der Waals surface area contributed by atoms with Crippen molar-refractivity contribution in [2.24, 2.45) is 0 Å². The molecular formula is C20H22O10. The van der Waals surface area contributed by atoms with E-state index in [0.717, 1.165) is 25.0 Å². The molecule has 0 saturated carbocycles. The Morgan fingerprint density at radius 3 is 1.47 bits per heavy atom. The third-order valence-electron chi connectivity index (χ3n) is 4.91. The van der Waals surface area contributed by atoms with E-state index in [0.29, 0.717) is 26.1 Å². The van der Waals surface area contributed by atoms with E-state index in [9.17, 15) is 29.4 Å². The highest BCUT2D eigenvalue weighted by Crippen LogP contribution is 2.22. The Bertz CT molecular complexity index is 765. The van der Waals surface area contributed by atoms with Crippen LogP contribution in [0.25, 0.3) is 0 Å². The Morgan fingerprint density at radius 2 is 1.17 bits per heavy atom. The zero-order valence-electron chi connectivity index (χ0n) is 16.1. The van der Waals surface area contributed by atoms with Crippen molar-refractivity contribution >= 4 is 23.9 Å². The van der Waals surface area contributed by atoms with Gasteiger partial charge in [0.15, 0.2) is 0 Å². The summed E-state index contributed by atoms with van der Waals surface area (Å²) in [4.78, 5) is 48.1. The molecule has 2 aliphatic heterocycles. The summed E-state index contributed by atoms with van der Waals surface area (Å²) in [6, 6.07) is 1.65. The van der Waals surface area contributed by atoms with Gasteiger partial charge in [-0.15, -0.1) is 0 Å². The van der Waals surface area contributed by atoms with E-state index in [-0.39, 0.29) is 36.5 Å². The average molecular weight is 422 g/mol. The van der Waals surface area contributed by atoms with E-state index in [1.807, 2.05) is 0 Å². The van der Waals surface area contributed by atoms with E-state index in [1.54, 1.807) is 0 Å². The van der Waals surface area contributed by atoms with Crippen LogP contribution >= 0.6 is 0 Å². The molecule has 1 aromatic carbocycles. The fourth-order valence-electron chi connectivity index (χ4n) is 3.34. The van der Waals surface area contributed by atoms with E-state index >= 15 is 0 Å². The molecule has 0 aliphatic carbocycles. The molecule has 2 N–H and O–H groups in total. The molecule has 2 aliphatic rings. The molecular weight excluding hydrogens is 400 g/mol. The van der Waals surface area contributed by atoms with Gasteiger partial charge >= 0.3 is 23.9 Å². The maximum Gasteiger partial charge on any atom is 0.339 e. The minimum atomic E-state index is -1.56. The largest absolute Gasteiger partial charge is 0.478 e. The van der Waals surface area contributed by atoms with Crippen LogP contribution in [0, 0.1) is 0 Å². The standard InChI is InChI=1S/C20H22O10/c21-17(22)13-7-15(19(25)29-9-11-3-1-5-27-11)16(8-14(13)18(23)24)20(26)30-10-12-4-2-6-28-12/h7-8,11-12H,1-6,9-10H2,(H,21,22)(H,23,24). The Labute approximate surface area is 171 Å². The third kappa shape index (κ3) is 5.14. The highest BCUT2D eigenvalue weighted by Gasteiger charge is 2.29. The van der Waals surface area contributed by atoms with Crippen molar-refractivity contribution in [3.8, 4) is 0 Å². The number of hydrogen-bond acceptors (Lipinski definition) is 8. The molecule has 0 bridgehead atoms. The zero-order valence-corrected chi connectivity index (χ0v) is 16.1. The first-order valence-corrected chi connectivity index (χ1v) is 9.59. The van der Waals surface area contributed by atoms with Gasteiger partial charge in [-0.05, 0) is 37.8 Å². The summed E-state index contributed by atoms with van der Waals surface area (Å²) in [7, 11) is 0. The first kappa shape index (κ1) is 21.7. The number of benzene rings is 1. The normalized spacial score (nSPS) is 20.7. The number of carboxylic acids is 2. The molecule has 30 heavy (non-hydrogen) atoms. The van der Waals surface area contributed by atoms with Gasteiger partial charge in [-0.1, -0.05) is 0 Å². The van der Waals surface area contributed by atoms with Crippen LogP contribution in [0.1, 0.15) is 67.1 Å². The molecule has 2 fully saturated rings. The minimum absolute atomic E-state index is 0.0632. The van der Waals surface area contributed by atoms with Gasteiger partial charge in [0.2, 0.25) is 0 Å². The molecule has 3 rings (SSSR count). The summed E-state index contributed by atoms with van der Waals surface area (Å²) >= 11 is 0. The van der Waals surface area contributed by atoms with Gasteiger partial charge in [0.1, 0.15) is 13.2 Å². The second-order valence-electron chi connectivity index (χ2n) is 7.02. The topological polar surface area (TPSA) is 146 Å². The van der Waals surface area contributed by atoms with E-state index in [2.05, 4.69) is 0 Å². The van der Waals surface area contributed by atoms with Crippen LogP contribution in [0.3, 0.4) is 0 Å². The predicted octanol–water partition coefficient (Wildman–Crippen LogP) is 1.75. The van der Waals surface area contributed by atoms with E-state index < -0.39 is 35.0 Å². The summed E-state index contributed by atoms with van der Waals surface area (Å²) in [6.07, 6.45) is 2.53. The lowest BCUT2D eigenvalue weighted by Gasteiger charge is -2.15. The van der Waals surface area contributed by atoms with E-state index in [4.69, 9.17) is 18.9 Å². The zero-order chi connectivity index (χ0) is 21.7. The predicted molar refractivity (Wildman–Crippen MR) is 98.9 cm³/mol. The first-order valence-electron chi connectivity index (χ1n) is 9.59. The molecule has 0 aromatic heterocycles. The Hall–Kier alpha value is -2.98. The number of carbonyl (C=O) groups is 4. The highest BCUT2D eigenvalue weighted by molar-refractivity contribution is 6.09. The lowest BCUT2D eigenvalue weighted by atomic mass is 9.98. The van der Waals surface area contributed by atoms with Crippen LogP contribution in [-0.4, -0.2) is 72.7 Å². The maximum atomic E-state index is 12.6. The minimum Gasteiger partial charge on any atom is -0.478 e. The number of carbonyl (C=O) groups excluding carboxylic acids is 2. The van der Waals surface area contributed by atoms with Crippen LogP contribution in [0.15, 0.2) is 12.1 Å². The van der Waals surface area contributed by atoms with Crippen molar-refractivity contribution in [2.45, 2.75) is 37.9 Å². The van der Waals surface area contributed by atoms with Crippen LogP contribution in [0.5, 0.6) is 0 Å². The number of carboxylic acid groups (broad SMARTS) is 2. The number of ether oxygens (including phenoxy) is 4. The van der Waals surface area contributed by atoms with Gasteiger partial charge in [-0.3, -0.25) is 0 Å². The summed E-state index contributed by atoms with van der Waals surface area (Å²) in [5, 5.41) is 18.7. The van der Waals surface area contributed by atoms with Crippen molar-refractivity contribution in [3.05, 3.63) is 34.4 Å². The SMILES string of the molecule is O=C(O)c1cc(C(=O)OCC2CCCO2)c(C(=O)OCC2CCCO2)cc1C(=O)O. The molecule has 1 aromatic rings. The number of rotatable bonds is 8. The van der Waals surface area contributed by atoms with Crippen molar-refractivity contribution in [1.29, 1.82) is 0 Å². The van der Waals surface area contributed by atoms with Gasteiger partial charge in [-0.25, -0.2) is 19.2 Å². The van der Waals surface area contributed by atoms with Gasteiger partial charge in [0, 0.05) is 13.2 Å². The Morgan fingerprint density at radius 1 is 0.767 bits per heavy atom. The van der Waals surface area contributed by atoms with Crippen LogP contribution in [0.2, 0.25) is 0 Å². The van der Waals surface area contributed by atoms with E-state index in [1.165, 1.54) is 0 Å². The number of esters is 2. The van der Waals surface area contributed by atoms with Crippen molar-refractivity contribution in [3.63, 3.8) is 0 Å². The summed E-state index contributed by atoms with van der Waals surface area (Å²) < 4.78 is 21.1. The number of hydrogen-bond donors (Lipinski definition) is 2. The maximum absolute atomic E-state index is 12.6. The number of aromatic carboxylic acids is 2. The molecule has 2 unspecified atom stereocenters. The first-order chi connectivity index (χ1) is 14.4. The van der Waals surface area contributed by atoms with Gasteiger partial charge < -0.3 is 29.2 Å². The van der Waals surface area contributed by atoms with Gasteiger partial charge in [0.05, 0.1) is 34.5 Å². The van der Waals surface area contributed by atoms with Crippen molar-refractivity contribution in [1.82, 2.24) is 0 Å². The van der Waals surface area contributed by atoms with Gasteiger partial charge in [-0.2, -0.15) is 0 Å². The fraction of sp³-hybridized carbons (Fsp3) is 0.500. The second-order valence-corrected chi connectivity index (χ2v) is 7.02. The summed E-state index contributed by atoms with van der Waals surface area (Å²) in [5.41, 5.74) is -2.04. The van der Waals surface area contributed by atoms with Crippen molar-refractivity contribution in [2.75, 3.05) is 26.4 Å².